The Morgan fingerprint density at radius 2 is 1.95 bits per heavy atom. The molecule has 4 rings (SSSR count). The Morgan fingerprint density at radius 3 is 2.59 bits per heavy atom. The molecule has 1 atom stereocenters. The van der Waals surface area contributed by atoms with Crippen molar-refractivity contribution in [2.75, 3.05) is 29.9 Å². The number of hydrogen-bond acceptors (Lipinski definition) is 8. The predicted octanol–water partition coefficient (Wildman–Crippen LogP) is 7.31. The van der Waals surface area contributed by atoms with Crippen LogP contribution in [0.25, 0.3) is 5.52 Å². The molecule has 3 heterocycles. The van der Waals surface area contributed by atoms with Crippen LogP contribution in [0.5, 0.6) is 5.75 Å². The lowest BCUT2D eigenvalue weighted by Crippen LogP contribution is -2.40. The average Bonchev–Trinajstić information content (AvgIpc) is 3.65. The van der Waals surface area contributed by atoms with Crippen LogP contribution in [0.3, 0.4) is 0 Å². The van der Waals surface area contributed by atoms with E-state index in [-0.39, 0.29) is 12.1 Å². The number of allylic oxidation sites excluding steroid dienone is 2. The Kier molecular flexibility index (Phi) is 10.0. The number of benzene rings is 1. The van der Waals surface area contributed by atoms with Gasteiger partial charge in [0.2, 0.25) is 0 Å². The van der Waals surface area contributed by atoms with Crippen LogP contribution in [-0.4, -0.2) is 58.0 Å². The van der Waals surface area contributed by atoms with E-state index >= 15 is 0 Å². The summed E-state index contributed by atoms with van der Waals surface area (Å²) in [5.41, 5.74) is 2.14. The van der Waals surface area contributed by atoms with Crippen molar-refractivity contribution in [2.24, 2.45) is 0 Å². The summed E-state index contributed by atoms with van der Waals surface area (Å²) in [6, 6.07) is 11.2. The summed E-state index contributed by atoms with van der Waals surface area (Å²) in [4.78, 5) is 29.8. The highest BCUT2D eigenvalue weighted by molar-refractivity contribution is 5.98. The standard InChI is InChI=1S/C33H42N6O5/c1-8-22(3)43-32(41)38(25-12-14-26(15-13-25)42-9-2)30-23(4)29(27(21-34)28-17-19-36-39(28)30)35-18-16-24-11-10-20-37(24)31(40)44-33(5,6)7/h8,12-15,17,19,24,35H,9-11,16,18,20H2,1-7H3/b22-8+. The van der Waals surface area contributed by atoms with Crippen molar-refractivity contribution in [2.45, 2.75) is 79.4 Å². The minimum Gasteiger partial charge on any atom is -0.494 e. The number of carbonyl (C=O) groups is 2. The highest BCUT2D eigenvalue weighted by Crippen LogP contribution is 2.38. The summed E-state index contributed by atoms with van der Waals surface area (Å²) < 4.78 is 18.5. The molecular weight excluding hydrogens is 560 g/mol. The van der Waals surface area contributed by atoms with Crippen LogP contribution in [0.2, 0.25) is 0 Å². The first-order valence-corrected chi connectivity index (χ1v) is 15.0. The summed E-state index contributed by atoms with van der Waals surface area (Å²) in [5, 5.41) is 18.2. The number of hydrogen-bond donors (Lipinski definition) is 1. The SMILES string of the molecule is C/C=C(\C)OC(=O)N(c1ccc(OCC)cc1)c1c(C)c(NCCC2CCCN2C(=O)OC(C)(C)C)c(C#N)c2ccnn12. The van der Waals surface area contributed by atoms with Crippen LogP contribution in [-0.2, 0) is 9.47 Å². The fourth-order valence-corrected chi connectivity index (χ4v) is 5.32. The first-order chi connectivity index (χ1) is 21.0. The largest absolute Gasteiger partial charge is 0.494 e. The minimum absolute atomic E-state index is 0.0143. The molecular formula is C33H42N6O5. The van der Waals surface area contributed by atoms with E-state index in [0.717, 1.165) is 12.8 Å². The first kappa shape index (κ1) is 32.2. The molecule has 0 bridgehead atoms. The molecule has 44 heavy (non-hydrogen) atoms. The Morgan fingerprint density at radius 1 is 1.23 bits per heavy atom. The lowest BCUT2D eigenvalue weighted by molar-refractivity contribution is 0.0223. The zero-order valence-electron chi connectivity index (χ0n) is 26.6. The molecule has 0 saturated carbocycles. The van der Waals surface area contributed by atoms with Crippen molar-refractivity contribution in [3.63, 3.8) is 0 Å². The topological polar surface area (TPSA) is 121 Å². The van der Waals surface area contributed by atoms with E-state index in [1.165, 1.54) is 4.90 Å². The second kappa shape index (κ2) is 13.7. The van der Waals surface area contributed by atoms with Gasteiger partial charge in [0, 0.05) is 24.7 Å². The second-order valence-electron chi connectivity index (χ2n) is 11.7. The van der Waals surface area contributed by atoms with Crippen molar-refractivity contribution >= 4 is 34.9 Å². The van der Waals surface area contributed by atoms with Crippen LogP contribution in [0.4, 0.5) is 26.8 Å². The van der Waals surface area contributed by atoms with Gasteiger partial charge in [-0.2, -0.15) is 10.4 Å². The van der Waals surface area contributed by atoms with Crippen molar-refractivity contribution in [3.8, 4) is 11.8 Å². The molecule has 11 heteroatoms. The number of carbonyl (C=O) groups excluding carboxylic acids is 2. The van der Waals surface area contributed by atoms with Crippen LogP contribution < -0.4 is 15.0 Å². The predicted molar refractivity (Wildman–Crippen MR) is 169 cm³/mol. The summed E-state index contributed by atoms with van der Waals surface area (Å²) in [6.45, 7) is 14.5. The maximum absolute atomic E-state index is 13.8. The van der Waals surface area contributed by atoms with Crippen LogP contribution in [0.15, 0.2) is 48.4 Å². The molecule has 1 saturated heterocycles. The lowest BCUT2D eigenvalue weighted by Gasteiger charge is -2.29. The number of aromatic nitrogens is 2. The van der Waals surface area contributed by atoms with Gasteiger partial charge in [-0.25, -0.2) is 19.0 Å². The van der Waals surface area contributed by atoms with Crippen molar-refractivity contribution in [1.29, 1.82) is 5.26 Å². The van der Waals surface area contributed by atoms with Crippen LogP contribution in [0, 0.1) is 18.3 Å². The van der Waals surface area contributed by atoms with Crippen molar-refractivity contribution < 1.29 is 23.8 Å². The molecule has 234 valence electrons. The smallest absolute Gasteiger partial charge is 0.425 e. The van der Waals surface area contributed by atoms with E-state index in [9.17, 15) is 14.9 Å². The van der Waals surface area contributed by atoms with Gasteiger partial charge in [-0.05, 0) is 104 Å². The molecule has 1 fully saturated rings. The molecule has 0 radical (unpaired) electrons. The number of likely N-dealkylation sites (tertiary alicyclic amines) is 1. The second-order valence-corrected chi connectivity index (χ2v) is 11.7. The summed E-state index contributed by atoms with van der Waals surface area (Å²) in [7, 11) is 0. The number of fused-ring (bicyclic) bond motifs is 1. The number of nitrogens with zero attached hydrogens (tertiary/aromatic N) is 5. The number of rotatable bonds is 9. The van der Waals surface area contributed by atoms with E-state index in [0.29, 0.717) is 71.5 Å². The summed E-state index contributed by atoms with van der Waals surface area (Å²) >= 11 is 0. The highest BCUT2D eigenvalue weighted by Gasteiger charge is 2.33. The number of nitrogens with one attached hydrogen (secondary N) is 1. The normalized spacial score (nSPS) is 15.2. The third-order valence-corrected chi connectivity index (χ3v) is 7.41. The molecule has 3 aromatic rings. The molecule has 0 aliphatic carbocycles. The minimum atomic E-state index is -0.626. The Labute approximate surface area is 259 Å². The number of pyridine rings is 1. The van der Waals surface area contributed by atoms with E-state index in [1.807, 2.05) is 34.6 Å². The van der Waals surface area contributed by atoms with Gasteiger partial charge in [0.05, 0.1) is 29.7 Å². The van der Waals surface area contributed by atoms with Gasteiger partial charge >= 0.3 is 12.2 Å². The number of ether oxygens (including phenoxy) is 3. The maximum Gasteiger partial charge on any atom is 0.425 e. The van der Waals surface area contributed by atoms with Gasteiger partial charge in [-0.1, -0.05) is 0 Å². The first-order valence-electron chi connectivity index (χ1n) is 15.0. The van der Waals surface area contributed by atoms with Crippen LogP contribution >= 0.6 is 0 Å². The quantitative estimate of drug-likeness (QED) is 0.253. The van der Waals surface area contributed by atoms with Gasteiger partial charge in [0.1, 0.15) is 34.6 Å². The number of amides is 2. The number of anilines is 3. The van der Waals surface area contributed by atoms with Gasteiger partial charge < -0.3 is 24.4 Å². The average molecular weight is 603 g/mol. The molecule has 1 unspecified atom stereocenters. The molecule has 11 nitrogen and oxygen atoms in total. The third kappa shape index (κ3) is 7.08. The number of nitriles is 1. The fraction of sp³-hybridized carbons (Fsp3) is 0.455. The van der Waals surface area contributed by atoms with Gasteiger partial charge in [-0.15, -0.1) is 0 Å². The molecule has 0 spiro atoms. The highest BCUT2D eigenvalue weighted by atomic mass is 16.6. The molecule has 2 aromatic heterocycles. The zero-order chi connectivity index (χ0) is 32.0. The molecule has 1 N–H and O–H groups in total. The molecule has 1 aliphatic rings. The Bertz CT molecular complexity index is 1560. The monoisotopic (exact) mass is 602 g/mol. The summed E-state index contributed by atoms with van der Waals surface area (Å²) in [5.74, 6) is 1.55. The zero-order valence-corrected chi connectivity index (χ0v) is 26.6. The van der Waals surface area contributed by atoms with E-state index < -0.39 is 11.7 Å². The Balaban J connectivity index is 1.72. The fourth-order valence-electron chi connectivity index (χ4n) is 5.32. The van der Waals surface area contributed by atoms with Crippen LogP contribution in [0.1, 0.15) is 71.9 Å². The third-order valence-electron chi connectivity index (χ3n) is 7.41. The van der Waals surface area contributed by atoms with E-state index in [1.54, 1.807) is 65.9 Å². The molecule has 1 aromatic carbocycles. The maximum atomic E-state index is 13.8. The van der Waals surface area contributed by atoms with Gasteiger partial charge in [0.25, 0.3) is 0 Å². The van der Waals surface area contributed by atoms with Crippen molar-refractivity contribution in [3.05, 3.63) is 59.5 Å². The van der Waals surface area contributed by atoms with E-state index in [4.69, 9.17) is 14.2 Å². The molecule has 2 amide bonds. The molecule has 1 aliphatic heterocycles. The van der Waals surface area contributed by atoms with E-state index in [2.05, 4.69) is 16.5 Å². The van der Waals surface area contributed by atoms with Gasteiger partial charge in [-0.3, -0.25) is 0 Å². The lowest BCUT2D eigenvalue weighted by atomic mass is 10.1. The summed E-state index contributed by atoms with van der Waals surface area (Å²) in [6.07, 6.45) is 4.81. The van der Waals surface area contributed by atoms with Gasteiger partial charge in [0.15, 0.2) is 0 Å². The Hall–Kier alpha value is -4.72. The van der Waals surface area contributed by atoms with Crippen molar-refractivity contribution in [1.82, 2.24) is 14.5 Å².